The molecule has 1 unspecified atom stereocenters. The van der Waals surface area contributed by atoms with Gasteiger partial charge in [0.15, 0.2) is 0 Å². The van der Waals surface area contributed by atoms with Gasteiger partial charge in [-0.25, -0.2) is 9.78 Å². The Morgan fingerprint density at radius 3 is 3.00 bits per heavy atom. The molecule has 4 rings (SSSR count). The average molecular weight is 387 g/mol. The van der Waals surface area contributed by atoms with E-state index in [2.05, 4.69) is 10.3 Å². The summed E-state index contributed by atoms with van der Waals surface area (Å²) >= 11 is 1.74. The Bertz CT molecular complexity index is 735. The minimum atomic E-state index is -0.0793. The van der Waals surface area contributed by atoms with Crippen molar-refractivity contribution >= 4 is 17.4 Å². The van der Waals surface area contributed by atoms with E-state index in [4.69, 9.17) is 9.72 Å². The van der Waals surface area contributed by atoms with Gasteiger partial charge in [-0.2, -0.15) is 0 Å². The predicted octanol–water partition coefficient (Wildman–Crippen LogP) is 3.31. The van der Waals surface area contributed by atoms with Gasteiger partial charge in [-0.15, -0.1) is 11.3 Å². The van der Waals surface area contributed by atoms with Gasteiger partial charge in [0.05, 0.1) is 30.6 Å². The SMILES string of the molecule is O=C(NCc1nc2c(s1)CCCC2)N(Cc1ccccn1)CC1CCCO1. The molecule has 1 aliphatic heterocycles. The summed E-state index contributed by atoms with van der Waals surface area (Å²) in [5.41, 5.74) is 2.12. The van der Waals surface area contributed by atoms with Crippen LogP contribution < -0.4 is 5.32 Å². The van der Waals surface area contributed by atoms with Crippen molar-refractivity contribution in [2.24, 2.45) is 0 Å². The second kappa shape index (κ2) is 8.80. The minimum absolute atomic E-state index is 0.0793. The van der Waals surface area contributed by atoms with Crippen LogP contribution in [-0.4, -0.2) is 40.2 Å². The van der Waals surface area contributed by atoms with E-state index in [1.54, 1.807) is 17.5 Å². The molecule has 1 fully saturated rings. The van der Waals surface area contributed by atoms with Gasteiger partial charge in [-0.1, -0.05) is 6.07 Å². The summed E-state index contributed by atoms with van der Waals surface area (Å²) in [6.07, 6.45) is 8.63. The molecule has 6 nitrogen and oxygen atoms in total. The Hall–Kier alpha value is -1.99. The molecule has 2 amide bonds. The first kappa shape index (κ1) is 18.4. The van der Waals surface area contributed by atoms with E-state index in [0.717, 1.165) is 43.0 Å². The Morgan fingerprint density at radius 1 is 1.30 bits per heavy atom. The highest BCUT2D eigenvalue weighted by Crippen LogP contribution is 2.26. The van der Waals surface area contributed by atoms with Crippen LogP contribution in [0.1, 0.15) is 47.0 Å². The summed E-state index contributed by atoms with van der Waals surface area (Å²) in [6, 6.07) is 5.71. The van der Waals surface area contributed by atoms with Crippen LogP contribution in [0.15, 0.2) is 24.4 Å². The molecule has 1 aliphatic carbocycles. The number of rotatable bonds is 6. The topological polar surface area (TPSA) is 67.4 Å². The summed E-state index contributed by atoms with van der Waals surface area (Å²) in [6.45, 7) is 2.35. The molecule has 0 saturated carbocycles. The van der Waals surface area contributed by atoms with Crippen molar-refractivity contribution < 1.29 is 9.53 Å². The van der Waals surface area contributed by atoms with Gasteiger partial charge in [0.25, 0.3) is 0 Å². The quantitative estimate of drug-likeness (QED) is 0.827. The third-order valence-corrected chi connectivity index (χ3v) is 6.25. The number of thiazole rings is 1. The molecule has 7 heteroatoms. The predicted molar refractivity (Wildman–Crippen MR) is 105 cm³/mol. The van der Waals surface area contributed by atoms with Crippen molar-refractivity contribution in [3.05, 3.63) is 45.7 Å². The first-order valence-electron chi connectivity index (χ1n) is 9.79. The third kappa shape index (κ3) is 4.84. The van der Waals surface area contributed by atoms with E-state index in [-0.39, 0.29) is 12.1 Å². The Morgan fingerprint density at radius 2 is 2.22 bits per heavy atom. The highest BCUT2D eigenvalue weighted by molar-refractivity contribution is 7.11. The summed E-state index contributed by atoms with van der Waals surface area (Å²) < 4.78 is 5.74. The Balaban J connectivity index is 1.38. The van der Waals surface area contributed by atoms with Crippen LogP contribution in [0.2, 0.25) is 0 Å². The van der Waals surface area contributed by atoms with Gasteiger partial charge in [0, 0.05) is 24.2 Å². The van der Waals surface area contributed by atoms with Crippen LogP contribution in [0, 0.1) is 0 Å². The number of fused-ring (bicyclic) bond motifs is 1. The number of aromatic nitrogens is 2. The van der Waals surface area contributed by atoms with Crippen molar-refractivity contribution in [2.45, 2.75) is 57.7 Å². The minimum Gasteiger partial charge on any atom is -0.376 e. The zero-order valence-corrected chi connectivity index (χ0v) is 16.3. The normalized spacial score (nSPS) is 18.9. The van der Waals surface area contributed by atoms with Crippen molar-refractivity contribution in [1.82, 2.24) is 20.2 Å². The largest absolute Gasteiger partial charge is 0.376 e. The number of ether oxygens (including phenoxy) is 1. The Kier molecular flexibility index (Phi) is 5.99. The lowest BCUT2D eigenvalue weighted by Gasteiger charge is -2.25. The lowest BCUT2D eigenvalue weighted by molar-refractivity contribution is 0.0791. The summed E-state index contributed by atoms with van der Waals surface area (Å²) in [5.74, 6) is 0. The fourth-order valence-corrected chi connectivity index (χ4v) is 4.78. The molecule has 0 spiro atoms. The maximum Gasteiger partial charge on any atom is 0.318 e. The molecule has 0 bridgehead atoms. The molecule has 2 aromatic rings. The van der Waals surface area contributed by atoms with Crippen LogP contribution in [-0.2, 0) is 30.7 Å². The van der Waals surface area contributed by atoms with E-state index >= 15 is 0 Å². The van der Waals surface area contributed by atoms with Gasteiger partial charge in [0.1, 0.15) is 5.01 Å². The Labute approximate surface area is 164 Å². The molecule has 2 aromatic heterocycles. The summed E-state index contributed by atoms with van der Waals surface area (Å²) in [4.78, 5) is 25.2. The van der Waals surface area contributed by atoms with Gasteiger partial charge in [-0.3, -0.25) is 4.98 Å². The number of hydrogen-bond acceptors (Lipinski definition) is 5. The number of aryl methyl sites for hydroxylation is 2. The van der Waals surface area contributed by atoms with E-state index in [1.165, 1.54) is 23.4 Å². The molecular weight excluding hydrogens is 360 g/mol. The first-order chi connectivity index (χ1) is 13.3. The second-order valence-corrected chi connectivity index (χ2v) is 8.35. The fourth-order valence-electron chi connectivity index (χ4n) is 3.68. The molecule has 2 aliphatic rings. The van der Waals surface area contributed by atoms with Gasteiger partial charge in [-0.05, 0) is 50.7 Å². The van der Waals surface area contributed by atoms with Crippen LogP contribution in [0.3, 0.4) is 0 Å². The second-order valence-electron chi connectivity index (χ2n) is 7.18. The molecule has 1 saturated heterocycles. The van der Waals surface area contributed by atoms with Crippen molar-refractivity contribution in [1.29, 1.82) is 0 Å². The smallest absolute Gasteiger partial charge is 0.318 e. The number of amides is 2. The number of nitrogens with zero attached hydrogens (tertiary/aromatic N) is 3. The number of hydrogen-bond donors (Lipinski definition) is 1. The van der Waals surface area contributed by atoms with Crippen molar-refractivity contribution in [3.63, 3.8) is 0 Å². The average Bonchev–Trinajstić information content (AvgIpc) is 3.35. The number of pyridine rings is 1. The van der Waals surface area contributed by atoms with Crippen molar-refractivity contribution in [2.75, 3.05) is 13.2 Å². The number of urea groups is 1. The zero-order chi connectivity index (χ0) is 18.5. The molecule has 144 valence electrons. The highest BCUT2D eigenvalue weighted by Gasteiger charge is 2.23. The van der Waals surface area contributed by atoms with Crippen molar-refractivity contribution in [3.8, 4) is 0 Å². The number of carbonyl (C=O) groups is 1. The van der Waals surface area contributed by atoms with Crippen LogP contribution in [0.25, 0.3) is 0 Å². The van der Waals surface area contributed by atoms with E-state index in [9.17, 15) is 4.79 Å². The van der Waals surface area contributed by atoms with Gasteiger partial charge >= 0.3 is 6.03 Å². The van der Waals surface area contributed by atoms with Gasteiger partial charge < -0.3 is 15.0 Å². The molecule has 0 aromatic carbocycles. The maximum absolute atomic E-state index is 12.9. The lowest BCUT2D eigenvalue weighted by Crippen LogP contribution is -2.43. The molecular formula is C20H26N4O2S. The van der Waals surface area contributed by atoms with E-state index in [0.29, 0.717) is 19.6 Å². The third-order valence-electron chi connectivity index (χ3n) is 5.10. The maximum atomic E-state index is 12.9. The standard InChI is InChI=1S/C20H26N4O2S/c25-20(22-12-19-23-17-8-1-2-9-18(17)27-19)24(14-16-7-5-11-26-16)13-15-6-3-4-10-21-15/h3-4,6,10,16H,1-2,5,7-9,11-14H2,(H,22,25). The van der Waals surface area contributed by atoms with E-state index in [1.807, 2.05) is 23.1 Å². The highest BCUT2D eigenvalue weighted by atomic mass is 32.1. The zero-order valence-electron chi connectivity index (χ0n) is 15.5. The monoisotopic (exact) mass is 386 g/mol. The lowest BCUT2D eigenvalue weighted by atomic mass is 10.0. The molecule has 27 heavy (non-hydrogen) atoms. The van der Waals surface area contributed by atoms with Gasteiger partial charge in [0.2, 0.25) is 0 Å². The van der Waals surface area contributed by atoms with Crippen LogP contribution in [0.5, 0.6) is 0 Å². The van der Waals surface area contributed by atoms with Crippen LogP contribution >= 0.6 is 11.3 Å². The summed E-state index contributed by atoms with van der Waals surface area (Å²) in [7, 11) is 0. The van der Waals surface area contributed by atoms with Crippen LogP contribution in [0.4, 0.5) is 4.79 Å². The number of nitrogens with one attached hydrogen (secondary N) is 1. The first-order valence-corrected chi connectivity index (χ1v) is 10.6. The van der Waals surface area contributed by atoms with E-state index < -0.39 is 0 Å². The molecule has 3 heterocycles. The number of carbonyl (C=O) groups excluding carboxylic acids is 1. The molecule has 1 atom stereocenters. The summed E-state index contributed by atoms with van der Waals surface area (Å²) in [5, 5.41) is 4.06. The fraction of sp³-hybridized carbons (Fsp3) is 0.550. The molecule has 0 radical (unpaired) electrons. The molecule has 1 N–H and O–H groups in total.